The first-order valence-electron chi connectivity index (χ1n) is 14.3. The fourth-order valence-corrected chi connectivity index (χ4v) is 6.55. The molecule has 0 aliphatic rings. The Bertz CT molecular complexity index is 2230. The van der Waals surface area contributed by atoms with Crippen LogP contribution in [0.25, 0.3) is 66.4 Å². The number of fused-ring (bicyclic) bond motifs is 6. The molecule has 0 aliphatic carbocycles. The molecule has 4 nitrogen and oxygen atoms in total. The van der Waals surface area contributed by atoms with Crippen molar-refractivity contribution in [1.82, 2.24) is 18.3 Å². The summed E-state index contributed by atoms with van der Waals surface area (Å²) in [5, 5.41) is 4.94. The van der Waals surface area contributed by atoms with Crippen LogP contribution in [0.5, 0.6) is 0 Å². The highest BCUT2D eigenvalue weighted by molar-refractivity contribution is 6.07. The summed E-state index contributed by atoms with van der Waals surface area (Å²) in [6.07, 6.45) is 8.72. The third-order valence-electron chi connectivity index (χ3n) is 8.49. The summed E-state index contributed by atoms with van der Waals surface area (Å²) in [5.41, 5.74) is 9.45. The van der Waals surface area contributed by atoms with Gasteiger partial charge in [-0.05, 0) is 78.9 Å². The molecule has 198 valence electrons. The van der Waals surface area contributed by atoms with E-state index in [2.05, 4.69) is 177 Å². The maximum atomic E-state index is 2.32. The zero-order chi connectivity index (χ0) is 27.6. The summed E-state index contributed by atoms with van der Waals surface area (Å²) >= 11 is 0. The van der Waals surface area contributed by atoms with Crippen LogP contribution >= 0.6 is 0 Å². The Hall–Kier alpha value is -5.74. The van der Waals surface area contributed by atoms with Crippen LogP contribution in [0.1, 0.15) is 0 Å². The summed E-state index contributed by atoms with van der Waals surface area (Å²) in [5.74, 6) is 0. The van der Waals surface area contributed by atoms with Gasteiger partial charge in [0.15, 0.2) is 0 Å². The van der Waals surface area contributed by atoms with Crippen LogP contribution in [0.4, 0.5) is 0 Å². The van der Waals surface area contributed by atoms with Crippen LogP contribution in [-0.4, -0.2) is 18.3 Å². The van der Waals surface area contributed by atoms with Crippen molar-refractivity contribution in [3.05, 3.63) is 158 Å². The van der Waals surface area contributed by atoms with Crippen molar-refractivity contribution in [3.63, 3.8) is 0 Å². The quantitative estimate of drug-likeness (QED) is 0.213. The molecule has 0 N–H and O–H groups in total. The minimum Gasteiger partial charge on any atom is -0.316 e. The lowest BCUT2D eigenvalue weighted by Gasteiger charge is -2.12. The van der Waals surface area contributed by atoms with Gasteiger partial charge in [-0.25, -0.2) is 0 Å². The second kappa shape index (κ2) is 8.88. The second-order valence-electron chi connectivity index (χ2n) is 10.8. The Labute approximate surface area is 242 Å². The average Bonchev–Trinajstić information content (AvgIpc) is 3.85. The van der Waals surface area contributed by atoms with Gasteiger partial charge in [-0.3, -0.25) is 0 Å². The van der Waals surface area contributed by atoms with Gasteiger partial charge in [0.2, 0.25) is 0 Å². The van der Waals surface area contributed by atoms with Gasteiger partial charge in [-0.15, -0.1) is 0 Å². The molecule has 5 aromatic carbocycles. The first-order valence-corrected chi connectivity index (χ1v) is 14.3. The SMILES string of the molecule is c1ccc(-n2ccc3c2ccc2ccn(-c4cccc(-n5ccc6ccc7c(ccn7-c7ccccc7)c65)c4)c23)cc1. The molecule has 0 unspecified atom stereocenters. The number of rotatable bonds is 4. The Morgan fingerprint density at radius 2 is 0.738 bits per heavy atom. The van der Waals surface area contributed by atoms with Gasteiger partial charge < -0.3 is 18.3 Å². The number of hydrogen-bond donors (Lipinski definition) is 0. The first-order chi connectivity index (χ1) is 20.8. The molecule has 9 aromatic rings. The van der Waals surface area contributed by atoms with Gasteiger partial charge in [-0.2, -0.15) is 0 Å². The van der Waals surface area contributed by atoms with Gasteiger partial charge in [-0.1, -0.05) is 54.6 Å². The molecule has 0 radical (unpaired) electrons. The smallest absolute Gasteiger partial charge is 0.0622 e. The second-order valence-corrected chi connectivity index (χ2v) is 10.8. The van der Waals surface area contributed by atoms with Crippen LogP contribution in [0.3, 0.4) is 0 Å². The van der Waals surface area contributed by atoms with Gasteiger partial charge in [0.05, 0.1) is 22.1 Å². The molecule has 4 heterocycles. The van der Waals surface area contributed by atoms with E-state index >= 15 is 0 Å². The minimum absolute atomic E-state index is 1.14. The molecule has 0 atom stereocenters. The lowest BCUT2D eigenvalue weighted by molar-refractivity contribution is 1.09. The highest BCUT2D eigenvalue weighted by Gasteiger charge is 2.14. The summed E-state index contributed by atoms with van der Waals surface area (Å²) < 4.78 is 9.18. The van der Waals surface area contributed by atoms with Crippen LogP contribution in [0, 0.1) is 0 Å². The first kappa shape index (κ1) is 23.0. The molecule has 42 heavy (non-hydrogen) atoms. The van der Waals surface area contributed by atoms with E-state index in [9.17, 15) is 0 Å². The topological polar surface area (TPSA) is 19.7 Å². The van der Waals surface area contributed by atoms with Crippen molar-refractivity contribution in [2.75, 3.05) is 0 Å². The molecule has 0 fully saturated rings. The Morgan fingerprint density at radius 3 is 1.21 bits per heavy atom. The number of para-hydroxylation sites is 2. The van der Waals surface area contributed by atoms with Crippen molar-refractivity contribution in [1.29, 1.82) is 0 Å². The molecular formula is C38H26N4. The van der Waals surface area contributed by atoms with Crippen LogP contribution < -0.4 is 0 Å². The van der Waals surface area contributed by atoms with Crippen molar-refractivity contribution in [2.45, 2.75) is 0 Å². The van der Waals surface area contributed by atoms with Crippen LogP contribution in [0.15, 0.2) is 158 Å². The van der Waals surface area contributed by atoms with E-state index in [1.807, 2.05) is 0 Å². The normalized spacial score (nSPS) is 11.8. The average molecular weight is 539 g/mol. The lowest BCUT2D eigenvalue weighted by atomic mass is 10.1. The maximum absolute atomic E-state index is 2.32. The van der Waals surface area contributed by atoms with E-state index < -0.39 is 0 Å². The summed E-state index contributed by atoms with van der Waals surface area (Å²) in [4.78, 5) is 0. The molecule has 4 heteroatoms. The number of benzene rings is 5. The molecule has 0 spiro atoms. The van der Waals surface area contributed by atoms with Gasteiger partial charge in [0.25, 0.3) is 0 Å². The van der Waals surface area contributed by atoms with Gasteiger partial charge in [0, 0.05) is 69.1 Å². The third kappa shape index (κ3) is 3.36. The highest BCUT2D eigenvalue weighted by Crippen LogP contribution is 2.34. The molecular weight excluding hydrogens is 512 g/mol. The number of hydrogen-bond acceptors (Lipinski definition) is 0. The van der Waals surface area contributed by atoms with Crippen molar-refractivity contribution < 1.29 is 0 Å². The van der Waals surface area contributed by atoms with Crippen molar-refractivity contribution in [2.24, 2.45) is 0 Å². The van der Waals surface area contributed by atoms with E-state index in [-0.39, 0.29) is 0 Å². The zero-order valence-electron chi connectivity index (χ0n) is 22.8. The summed E-state index contributed by atoms with van der Waals surface area (Å²) in [6, 6.07) is 47.7. The standard InChI is InChI=1S/C38H26N4/c1-3-8-29(9-4-1)39-24-20-33-35(39)16-14-27-18-22-41(37(27)33)31-12-7-13-32(26-31)42-23-19-28-15-17-36-34(38(28)42)21-25-40(36)30-10-5-2-6-11-30/h1-26H. The zero-order valence-corrected chi connectivity index (χ0v) is 22.8. The fourth-order valence-electron chi connectivity index (χ4n) is 6.55. The predicted octanol–water partition coefficient (Wildman–Crippen LogP) is 9.46. The Balaban J connectivity index is 1.20. The predicted molar refractivity (Wildman–Crippen MR) is 174 cm³/mol. The highest BCUT2D eigenvalue weighted by atomic mass is 15.0. The van der Waals surface area contributed by atoms with Crippen LogP contribution in [-0.2, 0) is 0 Å². The van der Waals surface area contributed by atoms with Crippen molar-refractivity contribution >= 4 is 43.6 Å². The Kier molecular flexibility index (Phi) is 4.87. The number of nitrogens with zero attached hydrogens (tertiary/aromatic N) is 4. The molecule has 0 bridgehead atoms. The van der Waals surface area contributed by atoms with E-state index in [4.69, 9.17) is 0 Å². The van der Waals surface area contributed by atoms with E-state index in [0.717, 1.165) is 11.4 Å². The van der Waals surface area contributed by atoms with E-state index in [0.29, 0.717) is 0 Å². The molecule has 0 saturated heterocycles. The molecule has 0 amide bonds. The van der Waals surface area contributed by atoms with Gasteiger partial charge in [0.1, 0.15) is 0 Å². The van der Waals surface area contributed by atoms with E-state index in [1.54, 1.807) is 0 Å². The van der Waals surface area contributed by atoms with Crippen LogP contribution in [0.2, 0.25) is 0 Å². The Morgan fingerprint density at radius 1 is 0.310 bits per heavy atom. The fraction of sp³-hybridized carbons (Fsp3) is 0. The molecule has 0 aliphatic heterocycles. The molecule has 4 aromatic heterocycles. The maximum Gasteiger partial charge on any atom is 0.0622 e. The lowest BCUT2D eigenvalue weighted by Crippen LogP contribution is -1.97. The molecule has 9 rings (SSSR count). The monoisotopic (exact) mass is 538 g/mol. The van der Waals surface area contributed by atoms with Crippen molar-refractivity contribution in [3.8, 4) is 22.7 Å². The largest absolute Gasteiger partial charge is 0.316 e. The molecule has 0 saturated carbocycles. The third-order valence-corrected chi connectivity index (χ3v) is 8.49. The minimum atomic E-state index is 1.14. The summed E-state index contributed by atoms with van der Waals surface area (Å²) in [7, 11) is 0. The number of aromatic nitrogens is 4. The summed E-state index contributed by atoms with van der Waals surface area (Å²) in [6.45, 7) is 0. The van der Waals surface area contributed by atoms with Gasteiger partial charge >= 0.3 is 0 Å². The van der Waals surface area contributed by atoms with E-state index in [1.165, 1.54) is 55.0 Å².